The lowest BCUT2D eigenvalue weighted by molar-refractivity contribution is -0.123. The van der Waals surface area contributed by atoms with Crippen LogP contribution in [0.2, 0.25) is 0 Å². The molecule has 0 bridgehead atoms. The number of nitrogens with one attached hydrogen (secondary N) is 1. The standard InChI is InChI=1S/C24H25N3O3/c1-14(2)20-12-22(28)26-21-11-17(6-9-19(20)21)25-24(30)16-10-23(29)27(13-16)18-7-4-15(3)5-8-18/h4-9,11-12,14,16,19H,10,13H2,1-3H3,(H,26,28). The van der Waals surface area contributed by atoms with Crippen LogP contribution in [0.3, 0.4) is 0 Å². The number of carbonyl (C=O) groups excluding carboxylic acids is 3. The number of anilines is 1. The van der Waals surface area contributed by atoms with E-state index in [2.05, 4.69) is 24.2 Å². The van der Waals surface area contributed by atoms with Gasteiger partial charge in [0.25, 0.3) is 5.91 Å². The van der Waals surface area contributed by atoms with Gasteiger partial charge in [-0.1, -0.05) is 37.6 Å². The highest BCUT2D eigenvalue weighted by molar-refractivity contribution is 6.12. The van der Waals surface area contributed by atoms with Gasteiger partial charge in [0.05, 0.1) is 11.6 Å². The molecule has 1 N–H and O–H groups in total. The Hall–Kier alpha value is -3.28. The van der Waals surface area contributed by atoms with E-state index < -0.39 is 5.92 Å². The Morgan fingerprint density at radius 2 is 1.90 bits per heavy atom. The van der Waals surface area contributed by atoms with Gasteiger partial charge in [0.15, 0.2) is 0 Å². The predicted octanol–water partition coefficient (Wildman–Crippen LogP) is 3.10. The van der Waals surface area contributed by atoms with Crippen molar-refractivity contribution >= 4 is 29.1 Å². The molecule has 4 rings (SSSR count). The van der Waals surface area contributed by atoms with E-state index in [0.717, 1.165) is 22.5 Å². The Balaban J connectivity index is 1.50. The summed E-state index contributed by atoms with van der Waals surface area (Å²) in [4.78, 5) is 43.1. The Morgan fingerprint density at radius 1 is 1.17 bits per heavy atom. The fourth-order valence-electron chi connectivity index (χ4n) is 4.08. The third-order valence-corrected chi connectivity index (χ3v) is 5.75. The van der Waals surface area contributed by atoms with Crippen LogP contribution in [0.1, 0.15) is 25.8 Å². The van der Waals surface area contributed by atoms with Crippen LogP contribution in [-0.2, 0) is 14.4 Å². The van der Waals surface area contributed by atoms with Crippen molar-refractivity contribution in [3.05, 3.63) is 65.4 Å². The molecule has 2 aliphatic heterocycles. The summed E-state index contributed by atoms with van der Waals surface area (Å²) in [5.74, 6) is -0.760. The summed E-state index contributed by atoms with van der Waals surface area (Å²) < 4.78 is 0. The minimum atomic E-state index is -0.470. The summed E-state index contributed by atoms with van der Waals surface area (Å²) in [6.07, 6.45) is 7.33. The molecule has 1 saturated heterocycles. The SMILES string of the molecule is Cc1ccc(N2CC(C(=O)N=C3C=CC4C(=C3)NC(=O)C=C4C(C)C)CC2=O)cc1. The highest BCUT2D eigenvalue weighted by Crippen LogP contribution is 2.32. The van der Waals surface area contributed by atoms with Crippen LogP contribution in [-0.4, -0.2) is 30.0 Å². The predicted molar refractivity (Wildman–Crippen MR) is 116 cm³/mol. The number of hydrogen-bond donors (Lipinski definition) is 1. The average molecular weight is 403 g/mol. The van der Waals surface area contributed by atoms with Gasteiger partial charge in [0, 0.05) is 36.3 Å². The average Bonchev–Trinajstić information content (AvgIpc) is 3.09. The first-order valence-electron chi connectivity index (χ1n) is 10.2. The van der Waals surface area contributed by atoms with E-state index in [1.165, 1.54) is 0 Å². The zero-order chi connectivity index (χ0) is 21.4. The van der Waals surface area contributed by atoms with Gasteiger partial charge in [-0.25, -0.2) is 4.99 Å². The first kappa shape index (κ1) is 20.0. The van der Waals surface area contributed by atoms with Crippen molar-refractivity contribution in [2.24, 2.45) is 22.7 Å². The zero-order valence-corrected chi connectivity index (χ0v) is 17.4. The lowest BCUT2D eigenvalue weighted by atomic mass is 9.82. The van der Waals surface area contributed by atoms with Crippen molar-refractivity contribution in [1.82, 2.24) is 5.32 Å². The second-order valence-electron chi connectivity index (χ2n) is 8.34. The molecule has 6 nitrogen and oxygen atoms in total. The van der Waals surface area contributed by atoms with Crippen LogP contribution in [0.15, 0.2) is 64.8 Å². The first-order chi connectivity index (χ1) is 14.3. The minimum Gasteiger partial charge on any atom is -0.325 e. The first-order valence-corrected chi connectivity index (χ1v) is 10.2. The zero-order valence-electron chi connectivity index (χ0n) is 17.4. The minimum absolute atomic E-state index is 0.00170. The quantitative estimate of drug-likeness (QED) is 0.842. The highest BCUT2D eigenvalue weighted by Gasteiger charge is 2.35. The number of carbonyl (C=O) groups is 3. The number of rotatable bonds is 3. The normalized spacial score (nSPS) is 24.7. The van der Waals surface area contributed by atoms with Crippen LogP contribution in [0, 0.1) is 24.7 Å². The number of fused-ring (bicyclic) bond motifs is 1. The third-order valence-electron chi connectivity index (χ3n) is 5.75. The molecule has 1 aromatic carbocycles. The maximum absolute atomic E-state index is 12.8. The van der Waals surface area contributed by atoms with Crippen molar-refractivity contribution < 1.29 is 14.4 Å². The van der Waals surface area contributed by atoms with Gasteiger partial charge in [0.1, 0.15) is 0 Å². The summed E-state index contributed by atoms with van der Waals surface area (Å²) in [5.41, 5.74) is 4.20. The molecule has 30 heavy (non-hydrogen) atoms. The maximum Gasteiger partial charge on any atom is 0.251 e. The van der Waals surface area contributed by atoms with E-state index in [1.54, 1.807) is 17.1 Å². The summed E-state index contributed by atoms with van der Waals surface area (Å²) >= 11 is 0. The Morgan fingerprint density at radius 3 is 2.60 bits per heavy atom. The highest BCUT2D eigenvalue weighted by atomic mass is 16.2. The number of nitrogens with zero attached hydrogens (tertiary/aromatic N) is 2. The van der Waals surface area contributed by atoms with Crippen molar-refractivity contribution in [2.75, 3.05) is 11.4 Å². The number of hydrogen-bond acceptors (Lipinski definition) is 3. The Kier molecular flexibility index (Phi) is 5.24. The number of aryl methyl sites for hydroxylation is 1. The maximum atomic E-state index is 12.8. The summed E-state index contributed by atoms with van der Waals surface area (Å²) in [6, 6.07) is 7.69. The number of amides is 3. The molecule has 1 aliphatic carbocycles. The molecule has 1 fully saturated rings. The molecule has 154 valence electrons. The molecule has 2 unspecified atom stereocenters. The lowest BCUT2D eigenvalue weighted by Crippen LogP contribution is -2.34. The van der Waals surface area contributed by atoms with Gasteiger partial charge >= 0.3 is 0 Å². The third kappa shape index (κ3) is 3.90. The Bertz CT molecular complexity index is 1030. The van der Waals surface area contributed by atoms with Crippen LogP contribution >= 0.6 is 0 Å². The van der Waals surface area contributed by atoms with Gasteiger partial charge in [-0.3, -0.25) is 14.4 Å². The van der Waals surface area contributed by atoms with Gasteiger partial charge in [-0.15, -0.1) is 0 Å². The summed E-state index contributed by atoms with van der Waals surface area (Å²) in [6.45, 7) is 6.43. The molecule has 0 spiro atoms. The van der Waals surface area contributed by atoms with E-state index in [9.17, 15) is 14.4 Å². The fraction of sp³-hybridized carbons (Fsp3) is 0.333. The second-order valence-corrected chi connectivity index (χ2v) is 8.34. The topological polar surface area (TPSA) is 78.8 Å². The van der Waals surface area contributed by atoms with Crippen molar-refractivity contribution in [1.29, 1.82) is 0 Å². The molecule has 0 radical (unpaired) electrons. The van der Waals surface area contributed by atoms with Crippen LogP contribution in [0.4, 0.5) is 5.69 Å². The van der Waals surface area contributed by atoms with E-state index in [-0.39, 0.29) is 36.0 Å². The molecule has 2 heterocycles. The summed E-state index contributed by atoms with van der Waals surface area (Å²) in [5, 5.41) is 2.86. The number of allylic oxidation sites excluding steroid dienone is 3. The molecular weight excluding hydrogens is 378 g/mol. The molecule has 0 aromatic heterocycles. The van der Waals surface area contributed by atoms with Gasteiger partial charge < -0.3 is 10.2 Å². The molecular formula is C24H25N3O3. The van der Waals surface area contributed by atoms with Gasteiger partial charge in [0.2, 0.25) is 11.8 Å². The van der Waals surface area contributed by atoms with Gasteiger partial charge in [-0.05, 0) is 42.7 Å². The molecule has 3 aliphatic rings. The van der Waals surface area contributed by atoms with Crippen LogP contribution in [0.5, 0.6) is 0 Å². The van der Waals surface area contributed by atoms with Crippen molar-refractivity contribution in [2.45, 2.75) is 27.2 Å². The van der Waals surface area contributed by atoms with Crippen LogP contribution in [0.25, 0.3) is 0 Å². The Labute approximate surface area is 176 Å². The van der Waals surface area contributed by atoms with Gasteiger partial charge in [-0.2, -0.15) is 0 Å². The van der Waals surface area contributed by atoms with E-state index >= 15 is 0 Å². The molecule has 0 saturated carbocycles. The smallest absolute Gasteiger partial charge is 0.251 e. The number of aliphatic imine (C=N–C) groups is 1. The van der Waals surface area contributed by atoms with E-state index in [4.69, 9.17) is 0 Å². The van der Waals surface area contributed by atoms with Crippen molar-refractivity contribution in [3.63, 3.8) is 0 Å². The molecule has 2 atom stereocenters. The largest absolute Gasteiger partial charge is 0.325 e. The monoisotopic (exact) mass is 403 g/mol. The number of benzene rings is 1. The summed E-state index contributed by atoms with van der Waals surface area (Å²) in [7, 11) is 0. The van der Waals surface area contributed by atoms with Crippen molar-refractivity contribution in [3.8, 4) is 0 Å². The second kappa shape index (κ2) is 7.86. The van der Waals surface area contributed by atoms with E-state index in [0.29, 0.717) is 12.3 Å². The fourth-order valence-corrected chi connectivity index (χ4v) is 4.08. The molecule has 1 aromatic rings. The van der Waals surface area contributed by atoms with E-state index in [1.807, 2.05) is 43.3 Å². The van der Waals surface area contributed by atoms with Crippen LogP contribution < -0.4 is 10.2 Å². The molecule has 6 heteroatoms. The molecule has 3 amide bonds. The lowest BCUT2D eigenvalue weighted by Gasteiger charge is -2.29.